The molecule has 132 valence electrons. The van der Waals surface area contributed by atoms with E-state index in [1.165, 1.54) is 11.8 Å². The number of carbonyl (C=O) groups is 2. The van der Waals surface area contributed by atoms with E-state index in [0.717, 1.165) is 12.1 Å². The number of likely N-dealkylation sites (N-methyl/N-ethyl adjacent to an activating group) is 1. The second-order valence-corrected chi connectivity index (χ2v) is 7.79. The van der Waals surface area contributed by atoms with Gasteiger partial charge in [-0.3, -0.25) is 9.59 Å². The number of hydrogen-bond acceptors (Lipinski definition) is 4. The van der Waals surface area contributed by atoms with E-state index in [9.17, 15) is 9.59 Å². The van der Waals surface area contributed by atoms with E-state index in [1.54, 1.807) is 24.0 Å². The average Bonchev–Trinajstić information content (AvgIpc) is 2.90. The van der Waals surface area contributed by atoms with Crippen molar-refractivity contribution in [1.82, 2.24) is 15.1 Å². The predicted octanol–water partition coefficient (Wildman–Crippen LogP) is 2.63. The first-order valence-electron chi connectivity index (χ1n) is 7.61. The number of halogens is 2. The van der Waals surface area contributed by atoms with Crippen molar-refractivity contribution in [1.29, 1.82) is 0 Å². The third-order valence-corrected chi connectivity index (χ3v) is 5.76. The number of thioether (sulfide) groups is 1. The molecular formula is C16H21Cl2N3O2S. The van der Waals surface area contributed by atoms with Gasteiger partial charge in [-0.15, -0.1) is 11.8 Å². The van der Waals surface area contributed by atoms with Gasteiger partial charge in [0, 0.05) is 13.1 Å². The summed E-state index contributed by atoms with van der Waals surface area (Å²) in [4.78, 5) is 28.3. The molecule has 0 unspecified atom stereocenters. The minimum absolute atomic E-state index is 0.0497. The molecule has 2 rings (SSSR count). The Morgan fingerprint density at radius 3 is 2.75 bits per heavy atom. The summed E-state index contributed by atoms with van der Waals surface area (Å²) < 4.78 is 0. The Morgan fingerprint density at radius 2 is 2.12 bits per heavy atom. The molecule has 0 aromatic heterocycles. The van der Waals surface area contributed by atoms with Crippen molar-refractivity contribution < 1.29 is 9.59 Å². The maximum Gasteiger partial charge on any atom is 0.242 e. The topological polar surface area (TPSA) is 52.7 Å². The van der Waals surface area contributed by atoms with Gasteiger partial charge >= 0.3 is 0 Å². The number of rotatable bonds is 6. The smallest absolute Gasteiger partial charge is 0.242 e. The third-order valence-electron chi connectivity index (χ3n) is 3.79. The third kappa shape index (κ3) is 4.57. The van der Waals surface area contributed by atoms with Gasteiger partial charge in [0.2, 0.25) is 11.8 Å². The number of benzene rings is 1. The van der Waals surface area contributed by atoms with Crippen LogP contribution in [0.5, 0.6) is 0 Å². The first-order valence-corrected chi connectivity index (χ1v) is 9.42. The van der Waals surface area contributed by atoms with Gasteiger partial charge in [-0.25, -0.2) is 0 Å². The Kier molecular flexibility index (Phi) is 6.80. The standard InChI is InChI=1S/C16H21Cl2N3O2S/c1-10(15(23)19-6-7-20(2)3)21-14(22)9-24-16(21)11-4-5-12(17)13(18)8-11/h4-5,8,10,16H,6-7,9H2,1-3H3,(H,19,23)/t10-,16-/m1/s1. The molecular weight excluding hydrogens is 369 g/mol. The largest absolute Gasteiger partial charge is 0.353 e. The van der Waals surface area contributed by atoms with Crippen molar-refractivity contribution in [2.24, 2.45) is 0 Å². The van der Waals surface area contributed by atoms with Crippen molar-refractivity contribution in [2.75, 3.05) is 32.9 Å². The Balaban J connectivity index is 2.11. The minimum atomic E-state index is -0.547. The fourth-order valence-corrected chi connectivity index (χ4v) is 4.01. The van der Waals surface area contributed by atoms with Gasteiger partial charge in [-0.05, 0) is 38.7 Å². The Hall–Kier alpha value is -0.950. The van der Waals surface area contributed by atoms with Crippen LogP contribution < -0.4 is 5.32 Å². The van der Waals surface area contributed by atoms with E-state index >= 15 is 0 Å². The van der Waals surface area contributed by atoms with Crippen LogP contribution in [0.15, 0.2) is 18.2 Å². The first kappa shape index (κ1) is 19.4. The minimum Gasteiger partial charge on any atom is -0.353 e. The molecule has 1 aromatic rings. The van der Waals surface area contributed by atoms with Crippen molar-refractivity contribution in [3.8, 4) is 0 Å². The molecule has 0 spiro atoms. The zero-order chi connectivity index (χ0) is 17.9. The van der Waals surface area contributed by atoms with Gasteiger partial charge in [0.05, 0.1) is 15.8 Å². The van der Waals surface area contributed by atoms with E-state index in [2.05, 4.69) is 5.32 Å². The Bertz CT molecular complexity index is 627. The quantitative estimate of drug-likeness (QED) is 0.812. The summed E-state index contributed by atoms with van der Waals surface area (Å²) in [5.41, 5.74) is 0.869. The molecule has 0 aliphatic carbocycles. The number of nitrogens with zero attached hydrogens (tertiary/aromatic N) is 2. The summed E-state index contributed by atoms with van der Waals surface area (Å²) in [5, 5.41) is 3.55. The summed E-state index contributed by atoms with van der Waals surface area (Å²) in [6.45, 7) is 3.04. The van der Waals surface area contributed by atoms with E-state index in [-0.39, 0.29) is 17.2 Å². The van der Waals surface area contributed by atoms with Crippen LogP contribution in [0.3, 0.4) is 0 Å². The lowest BCUT2D eigenvalue weighted by molar-refractivity contribution is -0.137. The van der Waals surface area contributed by atoms with Crippen LogP contribution in [-0.4, -0.2) is 60.6 Å². The van der Waals surface area contributed by atoms with Crippen LogP contribution in [0, 0.1) is 0 Å². The summed E-state index contributed by atoms with van der Waals surface area (Å²) >= 11 is 13.5. The molecule has 1 aliphatic rings. The van der Waals surface area contributed by atoms with E-state index in [4.69, 9.17) is 23.2 Å². The summed E-state index contributed by atoms with van der Waals surface area (Å²) in [6.07, 6.45) is 0. The lowest BCUT2D eigenvalue weighted by Gasteiger charge is -2.30. The lowest BCUT2D eigenvalue weighted by atomic mass is 10.1. The number of nitrogens with one attached hydrogen (secondary N) is 1. The highest BCUT2D eigenvalue weighted by Gasteiger charge is 2.38. The van der Waals surface area contributed by atoms with Crippen molar-refractivity contribution in [3.05, 3.63) is 33.8 Å². The molecule has 1 fully saturated rings. The van der Waals surface area contributed by atoms with Gasteiger partial charge in [-0.2, -0.15) is 0 Å². The van der Waals surface area contributed by atoms with E-state index in [1.807, 2.05) is 25.1 Å². The molecule has 1 aliphatic heterocycles. The molecule has 2 amide bonds. The SMILES string of the molecule is C[C@H](C(=O)NCCN(C)C)N1C(=O)CS[C@@H]1c1ccc(Cl)c(Cl)c1. The fourth-order valence-electron chi connectivity index (χ4n) is 2.45. The lowest BCUT2D eigenvalue weighted by Crippen LogP contribution is -2.47. The van der Waals surface area contributed by atoms with E-state index in [0.29, 0.717) is 22.3 Å². The maximum absolute atomic E-state index is 12.4. The van der Waals surface area contributed by atoms with Crippen LogP contribution in [0.2, 0.25) is 10.0 Å². The summed E-state index contributed by atoms with van der Waals surface area (Å²) in [7, 11) is 3.88. The molecule has 1 N–H and O–H groups in total. The summed E-state index contributed by atoms with van der Waals surface area (Å²) in [6, 6.07) is 4.76. The highest BCUT2D eigenvalue weighted by molar-refractivity contribution is 8.00. The second-order valence-electron chi connectivity index (χ2n) is 5.91. The molecule has 1 aromatic carbocycles. The average molecular weight is 390 g/mol. The molecule has 2 atom stereocenters. The summed E-state index contributed by atoms with van der Waals surface area (Å²) in [5.74, 6) is 0.143. The van der Waals surface area contributed by atoms with Gasteiger partial charge in [0.15, 0.2) is 0 Å². The van der Waals surface area contributed by atoms with Crippen LogP contribution in [-0.2, 0) is 9.59 Å². The Morgan fingerprint density at radius 1 is 1.42 bits per heavy atom. The van der Waals surface area contributed by atoms with E-state index < -0.39 is 6.04 Å². The van der Waals surface area contributed by atoms with Gasteiger partial charge < -0.3 is 15.1 Å². The molecule has 0 bridgehead atoms. The molecule has 5 nitrogen and oxygen atoms in total. The number of hydrogen-bond donors (Lipinski definition) is 1. The molecule has 1 saturated heterocycles. The van der Waals surface area contributed by atoms with Gasteiger partial charge in [0.25, 0.3) is 0 Å². The Labute approximate surface area is 156 Å². The maximum atomic E-state index is 12.4. The van der Waals surface area contributed by atoms with Gasteiger partial charge in [-0.1, -0.05) is 29.3 Å². The molecule has 8 heteroatoms. The molecule has 0 radical (unpaired) electrons. The monoisotopic (exact) mass is 389 g/mol. The zero-order valence-corrected chi connectivity index (χ0v) is 16.2. The first-order chi connectivity index (χ1) is 11.3. The molecule has 0 saturated carbocycles. The molecule has 1 heterocycles. The second kappa shape index (κ2) is 8.43. The highest BCUT2D eigenvalue weighted by atomic mass is 35.5. The molecule has 24 heavy (non-hydrogen) atoms. The van der Waals surface area contributed by atoms with Gasteiger partial charge in [0.1, 0.15) is 11.4 Å². The van der Waals surface area contributed by atoms with Crippen LogP contribution in [0.1, 0.15) is 17.9 Å². The van der Waals surface area contributed by atoms with Crippen LogP contribution in [0.4, 0.5) is 0 Å². The fraction of sp³-hybridized carbons (Fsp3) is 0.500. The van der Waals surface area contributed by atoms with Crippen molar-refractivity contribution in [3.63, 3.8) is 0 Å². The van der Waals surface area contributed by atoms with Crippen LogP contribution >= 0.6 is 35.0 Å². The van der Waals surface area contributed by atoms with Crippen molar-refractivity contribution >= 4 is 46.8 Å². The van der Waals surface area contributed by atoms with Crippen molar-refractivity contribution in [2.45, 2.75) is 18.3 Å². The highest BCUT2D eigenvalue weighted by Crippen LogP contribution is 2.41. The number of amides is 2. The van der Waals surface area contributed by atoms with Crippen LogP contribution in [0.25, 0.3) is 0 Å². The zero-order valence-electron chi connectivity index (χ0n) is 13.9. The normalized spacial score (nSPS) is 19.0. The number of carbonyl (C=O) groups excluding carboxylic acids is 2. The predicted molar refractivity (Wildman–Crippen MR) is 99.5 cm³/mol.